The lowest BCUT2D eigenvalue weighted by molar-refractivity contribution is 0.557. The van der Waals surface area contributed by atoms with Crippen LogP contribution in [0.25, 0.3) is 44.4 Å². The lowest BCUT2D eigenvalue weighted by atomic mass is 9.70. The third kappa shape index (κ3) is 3.14. The molecule has 14 aliphatic rings. The van der Waals surface area contributed by atoms with Gasteiger partial charge in [-0.15, -0.1) is 0 Å². The number of nitrogens with one attached hydrogen (secondary N) is 2. The highest BCUT2D eigenvalue weighted by Gasteiger charge is 2.41. The molecule has 3 aromatic heterocycles. The Kier molecular flexibility index (Phi) is 4.67. The van der Waals surface area contributed by atoms with Crippen LogP contribution in [0.1, 0.15) is 120 Å². The zero-order valence-electron chi connectivity index (χ0n) is 27.1. The van der Waals surface area contributed by atoms with Crippen LogP contribution in [-0.4, -0.2) is 19.9 Å². The van der Waals surface area contributed by atoms with Crippen LogP contribution in [0.5, 0.6) is 0 Å². The van der Waals surface area contributed by atoms with Crippen molar-refractivity contribution >= 4 is 44.4 Å². The zero-order chi connectivity index (χ0) is 30.8. The van der Waals surface area contributed by atoms with Crippen LogP contribution in [0.4, 0.5) is 0 Å². The number of aromatic amines is 2. The van der Waals surface area contributed by atoms with Crippen LogP contribution in [0, 0.1) is 23.7 Å². The number of hydrogen-bond acceptors (Lipinski definition) is 2. The fraction of sp³-hybridized carbons (Fsp3) is 0.364. The lowest BCUT2D eigenvalue weighted by Gasteiger charge is -2.33. The quantitative estimate of drug-likeness (QED) is 0.245. The van der Waals surface area contributed by atoms with Crippen LogP contribution in [0.2, 0.25) is 0 Å². The summed E-state index contributed by atoms with van der Waals surface area (Å²) in [5.74, 6) is 3.74. The molecule has 0 saturated carbocycles. The minimum absolute atomic E-state index is 0.461. The van der Waals surface area contributed by atoms with E-state index in [1.807, 2.05) is 0 Å². The van der Waals surface area contributed by atoms with E-state index < -0.39 is 0 Å². The van der Waals surface area contributed by atoms with Gasteiger partial charge in [0.25, 0.3) is 0 Å². The van der Waals surface area contributed by atoms with E-state index in [-0.39, 0.29) is 0 Å². The predicted octanol–water partition coefficient (Wildman–Crippen LogP) is 10.4. The second kappa shape index (κ2) is 8.77. The molecule has 4 nitrogen and oxygen atoms in total. The van der Waals surface area contributed by atoms with Crippen molar-refractivity contribution in [1.82, 2.24) is 19.9 Å². The lowest BCUT2D eigenvalue weighted by Crippen LogP contribution is -2.18. The predicted molar refractivity (Wildman–Crippen MR) is 193 cm³/mol. The molecule has 17 rings (SSSR count). The summed E-state index contributed by atoms with van der Waals surface area (Å²) in [4.78, 5) is 19.2. The van der Waals surface area contributed by atoms with Crippen LogP contribution in [0.3, 0.4) is 0 Å². The molecule has 0 amide bonds. The maximum Gasteiger partial charge on any atom is 0.0699 e. The third-order valence-corrected chi connectivity index (χ3v) is 14.0. The van der Waals surface area contributed by atoms with Gasteiger partial charge in [-0.2, -0.15) is 0 Å². The maximum absolute atomic E-state index is 5.59. The first-order chi connectivity index (χ1) is 23.7. The molecule has 4 heteroatoms. The molecule has 0 radical (unpaired) electrons. The summed E-state index contributed by atoms with van der Waals surface area (Å²) in [5.41, 5.74) is 21.9. The Morgan fingerprint density at radius 1 is 0.333 bits per heavy atom. The minimum Gasteiger partial charge on any atom is -0.355 e. The van der Waals surface area contributed by atoms with Crippen molar-refractivity contribution in [2.75, 3.05) is 0 Å². The minimum atomic E-state index is 0.461. The first-order valence-electron chi connectivity index (χ1n) is 18.8. The maximum atomic E-state index is 5.59. The monoisotopic (exact) mass is 622 g/mol. The van der Waals surface area contributed by atoms with E-state index in [0.717, 1.165) is 0 Å². The fourth-order valence-corrected chi connectivity index (χ4v) is 12.0. The molecule has 0 fully saturated rings. The van der Waals surface area contributed by atoms with Gasteiger partial charge in [0.1, 0.15) is 0 Å². The second-order valence-corrected chi connectivity index (χ2v) is 16.3. The van der Waals surface area contributed by atoms with Gasteiger partial charge in [-0.25, -0.2) is 9.97 Å². The second-order valence-electron chi connectivity index (χ2n) is 16.3. The zero-order valence-corrected chi connectivity index (χ0v) is 27.1. The molecular formula is C44H38N4. The molecule has 12 aliphatic carbocycles. The Hall–Kier alpha value is -4.44. The van der Waals surface area contributed by atoms with Crippen molar-refractivity contribution < 1.29 is 0 Å². The van der Waals surface area contributed by atoms with E-state index in [1.165, 1.54) is 141 Å². The summed E-state index contributed by atoms with van der Waals surface area (Å²) in [6.07, 6.45) is 29.7. The molecule has 8 unspecified atom stereocenters. The highest BCUT2D eigenvalue weighted by Crippen LogP contribution is 2.56. The molecule has 0 spiro atoms. The molecule has 0 aromatic carbocycles. The summed E-state index contributed by atoms with van der Waals surface area (Å²) in [6.45, 7) is 0. The highest BCUT2D eigenvalue weighted by molar-refractivity contribution is 6.00. The first-order valence-corrected chi connectivity index (χ1v) is 18.8. The van der Waals surface area contributed by atoms with Crippen LogP contribution in [-0.2, 0) is 0 Å². The smallest absolute Gasteiger partial charge is 0.0699 e. The highest BCUT2D eigenvalue weighted by atomic mass is 14.8. The Balaban J connectivity index is 1.19. The van der Waals surface area contributed by atoms with Crippen molar-refractivity contribution in [2.24, 2.45) is 23.7 Å². The summed E-state index contributed by atoms with van der Waals surface area (Å²) >= 11 is 0. The van der Waals surface area contributed by atoms with Gasteiger partial charge in [0, 0.05) is 69.4 Å². The van der Waals surface area contributed by atoms with Crippen molar-refractivity contribution in [2.45, 2.75) is 75.0 Å². The van der Waals surface area contributed by atoms with E-state index in [4.69, 9.17) is 9.97 Å². The molecule has 5 heterocycles. The number of nitrogens with zero attached hydrogens (tertiary/aromatic N) is 2. The number of rotatable bonds is 0. The molecular weight excluding hydrogens is 585 g/mol. The molecule has 8 atom stereocenters. The third-order valence-electron chi connectivity index (χ3n) is 14.0. The Morgan fingerprint density at radius 2 is 0.562 bits per heavy atom. The molecule has 16 bridgehead atoms. The van der Waals surface area contributed by atoms with Crippen molar-refractivity contribution in [3.8, 4) is 0 Å². The van der Waals surface area contributed by atoms with Gasteiger partial charge < -0.3 is 9.97 Å². The topological polar surface area (TPSA) is 57.4 Å². The summed E-state index contributed by atoms with van der Waals surface area (Å²) < 4.78 is 0. The van der Waals surface area contributed by atoms with Gasteiger partial charge in [-0.05, 0) is 120 Å². The normalized spacial score (nSPS) is 33.5. The molecule has 2 N–H and O–H groups in total. The van der Waals surface area contributed by atoms with Crippen molar-refractivity contribution in [1.29, 1.82) is 0 Å². The van der Waals surface area contributed by atoms with Crippen molar-refractivity contribution in [3.05, 3.63) is 118 Å². The molecule has 234 valence electrons. The van der Waals surface area contributed by atoms with Gasteiger partial charge in [-0.3, -0.25) is 0 Å². The van der Waals surface area contributed by atoms with Crippen LogP contribution >= 0.6 is 0 Å². The number of hydrogen-bond donors (Lipinski definition) is 2. The molecule has 0 saturated heterocycles. The van der Waals surface area contributed by atoms with E-state index in [2.05, 4.69) is 82.8 Å². The van der Waals surface area contributed by atoms with Gasteiger partial charge in [0.2, 0.25) is 0 Å². The number of fused-ring (bicyclic) bond motifs is 12. The Labute approximate surface area is 280 Å². The summed E-state index contributed by atoms with van der Waals surface area (Å²) in [5, 5.41) is 0. The average Bonchev–Trinajstić information content (AvgIpc) is 3.92. The fourth-order valence-electron chi connectivity index (χ4n) is 12.0. The largest absolute Gasteiger partial charge is 0.355 e. The number of allylic oxidation sites excluding steroid dienone is 12. The van der Waals surface area contributed by atoms with E-state index in [1.54, 1.807) is 0 Å². The standard InChI is InChI=1S/C44H38N4/c1-2-22-4-3-21(1)37-29-17-31-39-23-5-7-25(8-6-23)41(39)33(46-31)19-35-43-27-13-15-28(16-14-27)44(43)36(48-35)20-34-42-26-11-9-24(10-12-26)40(42)32(47-34)18-30(45-29)38(22)37/h1-2,5,7,9,11,13,15,17-28,45,48H,3-4,6,8,10,12,14,16H2. The van der Waals surface area contributed by atoms with Gasteiger partial charge >= 0.3 is 0 Å². The SMILES string of the molecule is C1=CC2CCC1C1=C2c2cc3[nH]c(cc4nc(cc5[nH]c(cc1n2)c1c5C2C=CC1CC2)C1=C4C2C=CC1CC2)c1c3C2C=CC1CC2. The van der Waals surface area contributed by atoms with E-state index in [9.17, 15) is 0 Å². The Bertz CT molecular complexity index is 2090. The van der Waals surface area contributed by atoms with Gasteiger partial charge in [-0.1, -0.05) is 48.6 Å². The van der Waals surface area contributed by atoms with E-state index in [0.29, 0.717) is 47.3 Å². The number of H-pyrrole nitrogens is 2. The first kappa shape index (κ1) is 25.6. The van der Waals surface area contributed by atoms with Crippen LogP contribution < -0.4 is 0 Å². The average molecular weight is 623 g/mol. The number of aromatic nitrogens is 4. The molecule has 48 heavy (non-hydrogen) atoms. The van der Waals surface area contributed by atoms with Gasteiger partial charge in [0.15, 0.2) is 0 Å². The van der Waals surface area contributed by atoms with Crippen LogP contribution in [0.15, 0.2) is 72.9 Å². The van der Waals surface area contributed by atoms with E-state index >= 15 is 0 Å². The van der Waals surface area contributed by atoms with Gasteiger partial charge in [0.05, 0.1) is 22.8 Å². The Morgan fingerprint density at radius 3 is 0.792 bits per heavy atom. The molecule has 3 aromatic rings. The van der Waals surface area contributed by atoms with Crippen molar-refractivity contribution in [3.63, 3.8) is 0 Å². The summed E-state index contributed by atoms with van der Waals surface area (Å²) in [6, 6.07) is 9.78. The molecule has 2 aliphatic heterocycles. The summed E-state index contributed by atoms with van der Waals surface area (Å²) in [7, 11) is 0.